The van der Waals surface area contributed by atoms with Crippen LogP contribution in [0, 0.1) is 49.9 Å². The highest BCUT2D eigenvalue weighted by Gasteiger charge is 2.40. The van der Waals surface area contributed by atoms with Gasteiger partial charge in [0, 0.05) is 120 Å². The van der Waals surface area contributed by atoms with Crippen molar-refractivity contribution in [2.24, 2.45) is 0 Å². The molecule has 0 unspecified atom stereocenters. The summed E-state index contributed by atoms with van der Waals surface area (Å²) in [5.41, 5.74) is 3.57. The molecule has 1 aliphatic rings. The second-order valence-electron chi connectivity index (χ2n) is 28.5. The van der Waals surface area contributed by atoms with Crippen LogP contribution in [0.5, 0.6) is 0 Å². The van der Waals surface area contributed by atoms with Gasteiger partial charge in [-0.15, -0.1) is 0 Å². The van der Waals surface area contributed by atoms with Gasteiger partial charge in [0.1, 0.15) is 46.3 Å². The molecule has 9 aromatic heterocycles. The number of hydrogen-bond donors (Lipinski definition) is 6. The number of carbonyl (C=O) groups excluding carboxylic acids is 3. The van der Waals surface area contributed by atoms with Gasteiger partial charge < -0.3 is 33.6 Å². The third-order valence-electron chi connectivity index (χ3n) is 19.9. The monoisotopic (exact) mass is 1630 g/mol. The number of benzene rings is 6. The molecule has 0 saturated heterocycles. The Morgan fingerprint density at radius 1 is 0.482 bits per heavy atom. The fourth-order valence-corrected chi connectivity index (χ4v) is 17.9. The van der Waals surface area contributed by atoms with E-state index < -0.39 is 115 Å². The number of nitrogens with one attached hydrogen (secondary N) is 6. The Labute approximate surface area is 649 Å². The van der Waals surface area contributed by atoms with Crippen LogP contribution in [-0.4, -0.2) is 162 Å². The number of halogens is 6. The normalized spacial score (nSPS) is 12.7. The number of aryl methyl sites for hydroxylation is 3. The van der Waals surface area contributed by atoms with E-state index in [0.29, 0.717) is 78.0 Å². The molecule has 0 atom stereocenters. The molecule has 586 valence electrons. The quantitative estimate of drug-likeness (QED) is 0.0271. The van der Waals surface area contributed by atoms with E-state index in [0.717, 1.165) is 11.6 Å². The predicted octanol–water partition coefficient (Wildman–Crippen LogP) is 12.2. The number of sulfone groups is 3. The van der Waals surface area contributed by atoms with Gasteiger partial charge in [-0.25, -0.2) is 47.2 Å². The number of Topliss-reactive ketones (excluding diaryl/α,β-unsaturated/α-hetero) is 3. The zero-order valence-electron chi connectivity index (χ0n) is 61.5. The number of ketones is 3. The molecule has 15 aromatic rings. The molecule has 6 N–H and O–H groups in total. The molecule has 0 radical (unpaired) electrons. The van der Waals surface area contributed by atoms with Crippen LogP contribution in [0.4, 0.5) is 22.0 Å². The van der Waals surface area contributed by atoms with Crippen molar-refractivity contribution < 1.29 is 61.6 Å². The second kappa shape index (κ2) is 30.8. The minimum Gasteiger partial charge on any atom is -0.333 e. The van der Waals surface area contributed by atoms with E-state index in [-0.39, 0.29) is 116 Å². The maximum Gasteiger partial charge on any atom is 0.255 e. The minimum absolute atomic E-state index is 0.0134. The molecule has 34 heteroatoms. The second-order valence-corrected chi connectivity index (χ2v) is 35.5. The summed E-state index contributed by atoms with van der Waals surface area (Å²) in [4.78, 5) is 89.3. The lowest BCUT2D eigenvalue weighted by Crippen LogP contribution is -2.27. The van der Waals surface area contributed by atoms with Gasteiger partial charge in [-0.2, -0.15) is 15.3 Å². The van der Waals surface area contributed by atoms with Gasteiger partial charge in [-0.05, 0) is 179 Å². The van der Waals surface area contributed by atoms with Gasteiger partial charge in [0.05, 0.1) is 92.9 Å². The number of hydrogen-bond acceptors (Lipinski definition) is 16. The van der Waals surface area contributed by atoms with Crippen molar-refractivity contribution in [2.45, 2.75) is 58.5 Å². The van der Waals surface area contributed by atoms with Crippen molar-refractivity contribution in [3.8, 4) is 33.4 Å². The maximum absolute atomic E-state index is 15.2. The molecule has 114 heavy (non-hydrogen) atoms. The average Bonchev–Trinajstić information content (AvgIpc) is 1.59. The van der Waals surface area contributed by atoms with Crippen LogP contribution in [0.15, 0.2) is 161 Å². The maximum atomic E-state index is 15.2. The Hall–Kier alpha value is -12.0. The molecule has 0 spiro atoms. The van der Waals surface area contributed by atoms with Gasteiger partial charge in [0.2, 0.25) is 0 Å². The van der Waals surface area contributed by atoms with Crippen LogP contribution in [0.2, 0.25) is 5.02 Å². The molecule has 0 bridgehead atoms. The van der Waals surface area contributed by atoms with Crippen molar-refractivity contribution >= 4 is 124 Å². The summed E-state index contributed by atoms with van der Waals surface area (Å²) >= 11 is 6.53. The third-order valence-corrected chi connectivity index (χ3v) is 24.6. The Morgan fingerprint density at radius 2 is 0.833 bits per heavy atom. The smallest absolute Gasteiger partial charge is 0.255 e. The first-order chi connectivity index (χ1) is 54.1. The highest BCUT2D eigenvalue weighted by molar-refractivity contribution is 7.93. The van der Waals surface area contributed by atoms with Gasteiger partial charge in [0.15, 0.2) is 46.9 Å². The number of rotatable bonds is 22. The average molecular weight is 1630 g/mol. The summed E-state index contributed by atoms with van der Waals surface area (Å²) in [7, 11) is -7.86. The molecule has 1 aliphatic carbocycles. The number of nitrogens with zero attached hydrogens (tertiary/aromatic N) is 7. The van der Waals surface area contributed by atoms with Gasteiger partial charge in [-0.3, -0.25) is 44.1 Å². The molecule has 0 aliphatic heterocycles. The Morgan fingerprint density at radius 3 is 1.19 bits per heavy atom. The largest absolute Gasteiger partial charge is 0.333 e. The van der Waals surface area contributed by atoms with Gasteiger partial charge in [-0.1, -0.05) is 11.6 Å². The van der Waals surface area contributed by atoms with Gasteiger partial charge >= 0.3 is 0 Å². The van der Waals surface area contributed by atoms with E-state index in [1.165, 1.54) is 99.3 Å². The van der Waals surface area contributed by atoms with E-state index in [4.69, 9.17) is 11.6 Å². The third kappa shape index (κ3) is 15.8. The lowest BCUT2D eigenvalue weighted by molar-refractivity contribution is 0.100. The standard InChI is InChI=1S/C28H27F2N5O4S.C27H22F2N4O4S.C25H20ClFN4O4S/c1-16-9-20-24(12-21(16)29)35(14-18-10-17-13-32-33-23(17)11-22(18)30)27(26(20)19-5-4-6-31-28(19)37)25(36)15-40(38,39)8-7-34(2)3;1-14-7-19-23(10-20(14)28)33(12-16-8-15-11-31-32-22(15)9-21(16)29)26(24(34)13-38(36,37)17-4-5-17)25(19)18-3-2-6-30-27(18)35;1-13-6-17-21(9-19(13)27)31(11-15-7-14-10-29-30-20(14)8-18(15)26)24(22(32)12-36(2,34)35)23(17)16-4-3-5-28-25(16)33/h4-6,9-13H,7-8,14-15H2,1-3H3,(H,31,37)(H,32,33);2-3,6-11,17H,4-5,12-13H2,1H3,(H,30,35)(H,31,32);3-10H,11-12H2,1-2H3,(H,28,33)(H,29,30). The van der Waals surface area contributed by atoms with Crippen LogP contribution >= 0.6 is 11.6 Å². The Balaban J connectivity index is 0.000000142. The van der Waals surface area contributed by atoms with E-state index in [2.05, 4.69) is 45.5 Å². The van der Waals surface area contributed by atoms with Crippen molar-refractivity contribution in [3.05, 3.63) is 262 Å². The molecule has 25 nitrogen and oxygen atoms in total. The summed E-state index contributed by atoms with van der Waals surface area (Å²) < 4.78 is 155. The SMILES string of the molecule is Cc1cc2c(-c3ccc[nH]c3=O)c(C(=O)CS(=O)(=O)C3CC3)n(Cc3cc4cn[nH]c4cc3F)c2cc1F.Cc1cc2c(-c3ccc[nH]c3=O)c(C(=O)CS(=O)(=O)CCN(C)C)n(Cc3cc4cn[nH]c4cc3F)c2cc1F.Cc1cc2c(-c3ccc[nH]c3=O)c(C(=O)CS(C)(=O)=O)n(Cc3cc4cn[nH]c4cc3Cl)c2cc1F. The van der Waals surface area contributed by atoms with E-state index in [9.17, 15) is 67.2 Å². The van der Waals surface area contributed by atoms with Crippen LogP contribution < -0.4 is 16.7 Å². The topological polar surface area (TPSA) is 356 Å². The first-order valence-corrected chi connectivity index (χ1v) is 41.3. The first kappa shape index (κ1) is 78.6. The van der Waals surface area contributed by atoms with Crippen LogP contribution in [-0.2, 0) is 49.1 Å². The number of fused-ring (bicyclic) bond motifs is 6. The van der Waals surface area contributed by atoms with Gasteiger partial charge in [0.25, 0.3) is 16.7 Å². The van der Waals surface area contributed by atoms with Crippen molar-refractivity contribution in [2.75, 3.05) is 49.9 Å². The molecular formula is C80H69ClF5N13O12S3. The Bertz CT molecular complexity index is 7050. The molecular weight excluding hydrogens is 1560 g/mol. The molecule has 0 amide bonds. The lowest BCUT2D eigenvalue weighted by atomic mass is 10.0. The molecule has 1 saturated carbocycles. The molecule has 1 fully saturated rings. The number of aromatic nitrogens is 12. The Kier molecular flexibility index (Phi) is 21.3. The number of H-pyrrole nitrogens is 6. The fraction of sp³-hybridized carbons (Fsp3) is 0.212. The highest BCUT2D eigenvalue weighted by Crippen LogP contribution is 2.42. The van der Waals surface area contributed by atoms with Crippen LogP contribution in [0.25, 0.3) is 98.8 Å². The molecule has 9 heterocycles. The van der Waals surface area contributed by atoms with E-state index in [1.54, 1.807) is 101 Å². The highest BCUT2D eigenvalue weighted by atomic mass is 35.5. The lowest BCUT2D eigenvalue weighted by Gasteiger charge is -2.14. The molecule has 16 rings (SSSR count). The number of aromatic amines is 6. The zero-order valence-corrected chi connectivity index (χ0v) is 64.7. The summed E-state index contributed by atoms with van der Waals surface area (Å²) in [6.07, 6.45) is 10.9. The summed E-state index contributed by atoms with van der Waals surface area (Å²) in [5, 5.41) is 23.1. The number of carbonyl (C=O) groups is 3. The number of pyridine rings is 3. The summed E-state index contributed by atoms with van der Waals surface area (Å²) in [6, 6.07) is 26.8. The van der Waals surface area contributed by atoms with Crippen molar-refractivity contribution in [1.82, 2.24) is 64.1 Å². The fourth-order valence-electron chi connectivity index (χ4n) is 14.1. The van der Waals surface area contributed by atoms with Crippen LogP contribution in [0.1, 0.15) is 77.7 Å². The van der Waals surface area contributed by atoms with E-state index in [1.807, 2.05) is 0 Å². The van der Waals surface area contributed by atoms with Crippen molar-refractivity contribution in [3.63, 3.8) is 0 Å². The first-order valence-electron chi connectivity index (χ1n) is 35.3. The van der Waals surface area contributed by atoms with E-state index >= 15 is 8.78 Å². The summed E-state index contributed by atoms with van der Waals surface area (Å²) in [5.74, 6) is -7.69. The summed E-state index contributed by atoms with van der Waals surface area (Å²) in [6.45, 7) is 4.48. The minimum atomic E-state index is -3.86. The van der Waals surface area contributed by atoms with Crippen LogP contribution in [0.3, 0.4) is 0 Å². The van der Waals surface area contributed by atoms with Crippen molar-refractivity contribution in [1.29, 1.82) is 0 Å². The molecule has 6 aromatic carbocycles. The zero-order chi connectivity index (χ0) is 81.3. The predicted molar refractivity (Wildman–Crippen MR) is 425 cm³/mol.